The molecule has 0 saturated heterocycles. The minimum absolute atomic E-state index is 0.207. The van der Waals surface area contributed by atoms with Crippen molar-refractivity contribution < 1.29 is 9.32 Å². The van der Waals surface area contributed by atoms with Crippen molar-refractivity contribution in [3.05, 3.63) is 82.0 Å². The van der Waals surface area contributed by atoms with E-state index in [2.05, 4.69) is 20.6 Å². The van der Waals surface area contributed by atoms with Crippen LogP contribution in [0.15, 0.2) is 53.2 Å². The van der Waals surface area contributed by atoms with Crippen molar-refractivity contribution in [1.29, 1.82) is 0 Å². The van der Waals surface area contributed by atoms with Gasteiger partial charge in [0.05, 0.1) is 16.9 Å². The Balaban J connectivity index is 1.59. The number of carbonyl (C=O) groups is 1. The molecule has 8 heteroatoms. The second-order valence-corrected chi connectivity index (χ2v) is 7.39. The highest BCUT2D eigenvalue weighted by atomic mass is 35.5. The molecule has 7 nitrogen and oxygen atoms in total. The smallest absolute Gasteiger partial charge is 0.255 e. The van der Waals surface area contributed by atoms with Crippen LogP contribution >= 0.6 is 11.6 Å². The van der Waals surface area contributed by atoms with Gasteiger partial charge in [-0.05, 0) is 37.1 Å². The third-order valence-electron chi connectivity index (χ3n) is 4.78. The number of benzene rings is 2. The normalized spacial score (nSPS) is 10.9. The molecule has 152 valence electrons. The van der Waals surface area contributed by atoms with Gasteiger partial charge in [-0.15, -0.1) is 0 Å². The highest BCUT2D eigenvalue weighted by molar-refractivity contribution is 6.31. The van der Waals surface area contributed by atoms with E-state index in [0.717, 1.165) is 22.4 Å². The van der Waals surface area contributed by atoms with E-state index in [-0.39, 0.29) is 5.91 Å². The summed E-state index contributed by atoms with van der Waals surface area (Å²) < 4.78 is 6.78. The molecule has 0 atom stereocenters. The molecule has 1 amide bonds. The lowest BCUT2D eigenvalue weighted by molar-refractivity contribution is 0.0950. The van der Waals surface area contributed by atoms with Crippen LogP contribution in [0.25, 0.3) is 17.1 Å². The zero-order valence-corrected chi connectivity index (χ0v) is 17.6. The monoisotopic (exact) mass is 421 g/mol. The van der Waals surface area contributed by atoms with Gasteiger partial charge in [-0.2, -0.15) is 10.1 Å². The first-order valence-corrected chi connectivity index (χ1v) is 9.80. The number of halogens is 1. The number of nitrogens with one attached hydrogen (secondary N) is 1. The Morgan fingerprint density at radius 2 is 1.97 bits per heavy atom. The number of aryl methyl sites for hydroxylation is 3. The zero-order valence-electron chi connectivity index (χ0n) is 16.8. The molecule has 0 aliphatic heterocycles. The molecular weight excluding hydrogens is 402 g/mol. The molecular formula is C22H20ClN5O2. The summed E-state index contributed by atoms with van der Waals surface area (Å²) in [5.74, 6) is 0.802. The van der Waals surface area contributed by atoms with Crippen LogP contribution in [0, 0.1) is 20.8 Å². The Morgan fingerprint density at radius 3 is 2.70 bits per heavy atom. The highest BCUT2D eigenvalue weighted by Crippen LogP contribution is 2.23. The second-order valence-electron chi connectivity index (χ2n) is 6.99. The van der Waals surface area contributed by atoms with E-state index in [1.807, 2.05) is 50.2 Å². The van der Waals surface area contributed by atoms with Crippen molar-refractivity contribution in [3.63, 3.8) is 0 Å². The quantitative estimate of drug-likeness (QED) is 0.515. The lowest BCUT2D eigenvalue weighted by Crippen LogP contribution is -2.23. The van der Waals surface area contributed by atoms with Crippen molar-refractivity contribution in [2.75, 3.05) is 0 Å². The van der Waals surface area contributed by atoms with Crippen LogP contribution in [-0.2, 0) is 6.54 Å². The second kappa shape index (κ2) is 8.12. The van der Waals surface area contributed by atoms with Crippen LogP contribution in [0.3, 0.4) is 0 Å². The summed E-state index contributed by atoms with van der Waals surface area (Å²) in [6.07, 6.45) is 1.73. The summed E-state index contributed by atoms with van der Waals surface area (Å²) in [6, 6.07) is 13.2. The molecule has 1 N–H and O–H groups in total. The van der Waals surface area contributed by atoms with Gasteiger partial charge in [0, 0.05) is 30.3 Å². The van der Waals surface area contributed by atoms with Crippen LogP contribution in [0.1, 0.15) is 33.1 Å². The molecule has 0 fully saturated rings. The van der Waals surface area contributed by atoms with Gasteiger partial charge in [0.25, 0.3) is 5.91 Å². The molecule has 0 spiro atoms. The fourth-order valence-electron chi connectivity index (χ4n) is 3.13. The number of carbonyl (C=O) groups excluding carboxylic acids is 1. The number of aromatic nitrogens is 4. The third kappa shape index (κ3) is 3.97. The molecule has 0 bridgehead atoms. The van der Waals surface area contributed by atoms with Crippen LogP contribution in [0.5, 0.6) is 0 Å². The number of hydrogen-bond acceptors (Lipinski definition) is 5. The Hall–Kier alpha value is -3.45. The Bertz CT molecular complexity index is 1230. The molecule has 0 aliphatic carbocycles. The summed E-state index contributed by atoms with van der Waals surface area (Å²) in [5, 5.41) is 12.0. The number of rotatable bonds is 5. The van der Waals surface area contributed by atoms with Gasteiger partial charge in [-0.3, -0.25) is 4.79 Å². The summed E-state index contributed by atoms with van der Waals surface area (Å²) in [6.45, 7) is 5.88. The van der Waals surface area contributed by atoms with Gasteiger partial charge < -0.3 is 9.84 Å². The van der Waals surface area contributed by atoms with Gasteiger partial charge in [0.1, 0.15) is 0 Å². The van der Waals surface area contributed by atoms with Crippen molar-refractivity contribution >= 4 is 17.5 Å². The zero-order chi connectivity index (χ0) is 21.3. The first-order valence-electron chi connectivity index (χ1n) is 9.42. The van der Waals surface area contributed by atoms with E-state index in [4.69, 9.17) is 16.1 Å². The Labute approximate surface area is 178 Å². The summed E-state index contributed by atoms with van der Waals surface area (Å²) in [4.78, 5) is 17.0. The molecule has 2 aromatic heterocycles. The maximum absolute atomic E-state index is 12.7. The molecule has 0 unspecified atom stereocenters. The molecule has 2 heterocycles. The van der Waals surface area contributed by atoms with Gasteiger partial charge >= 0.3 is 0 Å². The molecule has 0 radical (unpaired) electrons. The highest BCUT2D eigenvalue weighted by Gasteiger charge is 2.16. The molecule has 30 heavy (non-hydrogen) atoms. The van der Waals surface area contributed by atoms with E-state index in [1.54, 1.807) is 23.9 Å². The van der Waals surface area contributed by atoms with E-state index in [9.17, 15) is 4.79 Å². The maximum atomic E-state index is 12.7. The SMILES string of the molecule is Cc1nc(-c2ccc(C)c(-n3cc(C(=O)NCc4ccccc4Cl)c(C)n3)c2)no1. The maximum Gasteiger partial charge on any atom is 0.255 e. The fourth-order valence-corrected chi connectivity index (χ4v) is 3.33. The first-order chi connectivity index (χ1) is 14.4. The Morgan fingerprint density at radius 1 is 1.17 bits per heavy atom. The van der Waals surface area contributed by atoms with Gasteiger partial charge in [0.2, 0.25) is 11.7 Å². The molecule has 4 aromatic rings. The van der Waals surface area contributed by atoms with E-state index >= 15 is 0 Å². The van der Waals surface area contributed by atoms with Crippen LogP contribution in [0.2, 0.25) is 5.02 Å². The number of nitrogens with zero attached hydrogens (tertiary/aromatic N) is 4. The van der Waals surface area contributed by atoms with Crippen molar-refractivity contribution in [2.45, 2.75) is 27.3 Å². The predicted molar refractivity (Wildman–Crippen MR) is 114 cm³/mol. The van der Waals surface area contributed by atoms with Crippen molar-refractivity contribution in [2.24, 2.45) is 0 Å². The van der Waals surface area contributed by atoms with Crippen LogP contribution in [0.4, 0.5) is 0 Å². The standard InChI is InChI=1S/C22H20ClN5O2/c1-13-8-9-16(21-25-15(3)30-27-21)10-20(13)28-12-18(14(2)26-28)22(29)24-11-17-6-4-5-7-19(17)23/h4-10,12H,11H2,1-3H3,(H,24,29). The summed E-state index contributed by atoms with van der Waals surface area (Å²) in [7, 11) is 0. The summed E-state index contributed by atoms with van der Waals surface area (Å²) in [5.41, 5.74) is 4.64. The third-order valence-corrected chi connectivity index (χ3v) is 5.15. The van der Waals surface area contributed by atoms with E-state index < -0.39 is 0 Å². The molecule has 0 saturated carbocycles. The van der Waals surface area contributed by atoms with Gasteiger partial charge in [-0.1, -0.05) is 47.1 Å². The molecule has 4 rings (SSSR count). The van der Waals surface area contributed by atoms with Crippen molar-refractivity contribution in [3.8, 4) is 17.1 Å². The van der Waals surface area contributed by atoms with Gasteiger partial charge in [0.15, 0.2) is 0 Å². The molecule has 2 aromatic carbocycles. The minimum atomic E-state index is -0.207. The van der Waals surface area contributed by atoms with Crippen LogP contribution < -0.4 is 5.32 Å². The topological polar surface area (TPSA) is 85.8 Å². The Kier molecular flexibility index (Phi) is 5.37. The number of amides is 1. The summed E-state index contributed by atoms with van der Waals surface area (Å²) >= 11 is 6.17. The van der Waals surface area contributed by atoms with Gasteiger partial charge in [-0.25, -0.2) is 4.68 Å². The largest absolute Gasteiger partial charge is 0.348 e. The van der Waals surface area contributed by atoms with Crippen LogP contribution in [-0.4, -0.2) is 25.8 Å². The fraction of sp³-hybridized carbons (Fsp3) is 0.182. The van der Waals surface area contributed by atoms with Crippen molar-refractivity contribution in [1.82, 2.24) is 25.2 Å². The molecule has 0 aliphatic rings. The van der Waals surface area contributed by atoms with E-state index in [1.165, 1.54) is 0 Å². The lowest BCUT2D eigenvalue weighted by atomic mass is 10.1. The number of hydrogen-bond donors (Lipinski definition) is 1. The average molecular weight is 422 g/mol. The van der Waals surface area contributed by atoms with E-state index in [0.29, 0.717) is 34.5 Å². The average Bonchev–Trinajstić information content (AvgIpc) is 3.33. The first kappa shape index (κ1) is 19.8. The lowest BCUT2D eigenvalue weighted by Gasteiger charge is -2.07. The minimum Gasteiger partial charge on any atom is -0.348 e. The predicted octanol–water partition coefficient (Wildman–Crippen LogP) is 4.43.